The zero-order chi connectivity index (χ0) is 30.9. The summed E-state index contributed by atoms with van der Waals surface area (Å²) < 4.78 is 7.11. The first-order chi connectivity index (χ1) is 20.0. The van der Waals surface area contributed by atoms with E-state index in [-0.39, 0.29) is 28.4 Å². The molecule has 0 atom stereocenters. The van der Waals surface area contributed by atoms with Crippen LogP contribution in [-0.4, -0.2) is 6.71 Å². The highest BCUT2D eigenvalue weighted by molar-refractivity contribution is 6.99. The lowest BCUT2D eigenvalue weighted by atomic mass is 9.33. The molecule has 0 N–H and O–H groups in total. The summed E-state index contributed by atoms with van der Waals surface area (Å²) in [6.45, 7) is 25.7. The predicted octanol–water partition coefficient (Wildman–Crippen LogP) is 8.95. The number of aryl methyl sites for hydroxylation is 1. The van der Waals surface area contributed by atoms with Gasteiger partial charge >= 0.3 is 0 Å². The molecule has 3 aliphatic rings. The molecule has 0 spiro atoms. The molecule has 0 fully saturated rings. The van der Waals surface area contributed by atoms with E-state index in [1.165, 1.54) is 61.3 Å². The Morgan fingerprint density at radius 1 is 0.698 bits per heavy atom. The Bertz CT molecular complexity index is 1800. The van der Waals surface area contributed by atoms with Gasteiger partial charge in [-0.1, -0.05) is 106 Å². The van der Waals surface area contributed by atoms with Gasteiger partial charge < -0.3 is 9.64 Å². The summed E-state index contributed by atoms with van der Waals surface area (Å²) in [5, 5.41) is 0. The molecule has 0 aromatic heterocycles. The number of benzene rings is 4. The molecule has 4 aromatic carbocycles. The zero-order valence-corrected chi connectivity index (χ0v) is 28.0. The van der Waals surface area contributed by atoms with Crippen molar-refractivity contribution in [3.63, 3.8) is 0 Å². The van der Waals surface area contributed by atoms with Crippen molar-refractivity contribution in [2.24, 2.45) is 0 Å². The topological polar surface area (TPSA) is 12.5 Å². The van der Waals surface area contributed by atoms with Crippen molar-refractivity contribution in [3.8, 4) is 11.5 Å². The van der Waals surface area contributed by atoms with Crippen LogP contribution < -0.4 is 26.0 Å². The molecule has 0 saturated carbocycles. The summed E-state index contributed by atoms with van der Waals surface area (Å²) >= 11 is 0. The summed E-state index contributed by atoms with van der Waals surface area (Å²) in [5.41, 5.74) is 14.7. The zero-order valence-electron chi connectivity index (χ0n) is 28.0. The highest BCUT2D eigenvalue weighted by atomic mass is 16.5. The first-order valence-electron chi connectivity index (χ1n) is 16.0. The Kier molecular flexibility index (Phi) is 5.80. The van der Waals surface area contributed by atoms with Crippen LogP contribution in [0.25, 0.3) is 0 Å². The highest BCUT2D eigenvalue weighted by Crippen LogP contribution is 2.54. The van der Waals surface area contributed by atoms with E-state index < -0.39 is 0 Å². The summed E-state index contributed by atoms with van der Waals surface area (Å²) in [5.74, 6) is 2.10. The van der Waals surface area contributed by atoms with Crippen LogP contribution in [0.3, 0.4) is 0 Å². The van der Waals surface area contributed by atoms with E-state index in [1.54, 1.807) is 0 Å². The van der Waals surface area contributed by atoms with E-state index in [1.807, 2.05) is 0 Å². The number of fused-ring (bicyclic) bond motifs is 6. The van der Waals surface area contributed by atoms with E-state index >= 15 is 0 Å². The van der Waals surface area contributed by atoms with E-state index in [0.717, 1.165) is 17.9 Å². The molecule has 7 rings (SSSR count). The first kappa shape index (κ1) is 28.3. The Hall–Kier alpha value is -3.46. The van der Waals surface area contributed by atoms with Crippen molar-refractivity contribution in [1.82, 2.24) is 0 Å². The fourth-order valence-corrected chi connectivity index (χ4v) is 8.33. The van der Waals surface area contributed by atoms with Crippen LogP contribution in [-0.2, 0) is 21.7 Å². The molecule has 2 heterocycles. The average Bonchev–Trinajstić information content (AvgIpc) is 3.10. The lowest BCUT2D eigenvalue weighted by Crippen LogP contribution is -2.60. The highest BCUT2D eigenvalue weighted by Gasteiger charge is 2.49. The lowest BCUT2D eigenvalue weighted by molar-refractivity contribution is 0.394. The number of hydrogen-bond acceptors (Lipinski definition) is 2. The molecule has 3 heteroatoms. The fourth-order valence-electron chi connectivity index (χ4n) is 8.33. The van der Waals surface area contributed by atoms with Crippen molar-refractivity contribution in [1.29, 1.82) is 0 Å². The quantitative estimate of drug-likeness (QED) is 0.184. The molecule has 0 amide bonds. The van der Waals surface area contributed by atoms with Crippen LogP contribution in [0.15, 0.2) is 66.7 Å². The summed E-state index contributed by atoms with van der Waals surface area (Å²) in [7, 11) is 0. The third kappa shape index (κ3) is 4.21. The first-order valence-corrected chi connectivity index (χ1v) is 16.0. The summed E-state index contributed by atoms with van der Waals surface area (Å²) in [6, 6.07) is 25.8. The number of ether oxygens (including phenoxy) is 1. The van der Waals surface area contributed by atoms with Gasteiger partial charge in [-0.15, -0.1) is 0 Å². The molecule has 0 radical (unpaired) electrons. The van der Waals surface area contributed by atoms with Gasteiger partial charge in [-0.3, -0.25) is 0 Å². The van der Waals surface area contributed by atoms with Gasteiger partial charge in [0.05, 0.1) is 0 Å². The third-order valence-corrected chi connectivity index (χ3v) is 10.2. The molecule has 0 saturated heterocycles. The van der Waals surface area contributed by atoms with Crippen LogP contribution in [0.5, 0.6) is 11.5 Å². The average molecular weight is 568 g/mol. The minimum absolute atomic E-state index is 0.0416. The van der Waals surface area contributed by atoms with Crippen molar-refractivity contribution < 1.29 is 4.74 Å². The second-order valence-corrected chi connectivity index (χ2v) is 16.7. The maximum absolute atomic E-state index is 7.11. The fraction of sp³-hybridized carbons (Fsp3) is 0.400. The van der Waals surface area contributed by atoms with Gasteiger partial charge in [0.25, 0.3) is 6.71 Å². The van der Waals surface area contributed by atoms with Crippen molar-refractivity contribution in [2.75, 3.05) is 4.90 Å². The number of nitrogens with zero attached hydrogens (tertiary/aromatic N) is 1. The number of anilines is 3. The van der Waals surface area contributed by atoms with Crippen LogP contribution in [0.1, 0.15) is 103 Å². The van der Waals surface area contributed by atoms with Crippen molar-refractivity contribution in [3.05, 3.63) is 94.5 Å². The van der Waals surface area contributed by atoms with Gasteiger partial charge in [0.1, 0.15) is 11.5 Å². The van der Waals surface area contributed by atoms with Crippen LogP contribution in [0.2, 0.25) is 0 Å². The Morgan fingerprint density at radius 2 is 1.35 bits per heavy atom. The molecule has 2 aliphatic heterocycles. The van der Waals surface area contributed by atoms with Crippen molar-refractivity contribution in [2.45, 2.75) is 104 Å². The van der Waals surface area contributed by atoms with Gasteiger partial charge in [-0.2, -0.15) is 0 Å². The largest absolute Gasteiger partial charge is 0.458 e. The Balaban J connectivity index is 1.53. The SMILES string of the molecule is Cc1cc2c3c(c1)N(c1ccc(C(C)(C)C)cc1)c1ccc(C(C)(C)C)cc1B3c1ccc3c(c1O2)C(C)(C)CC3(C)C. The molecule has 0 unspecified atom stereocenters. The van der Waals surface area contributed by atoms with E-state index in [9.17, 15) is 0 Å². The standard InChI is InChI=1S/C40H46BNO/c1-24-20-32-35-33(21-24)43-36-29(18-17-28-34(36)40(10,11)23-39(28,8)9)41(35)30-22-26(38(5,6)7)14-19-31(30)42(32)27-15-12-25(13-16-27)37(2,3)4/h12-22H,23H2,1-11H3. The number of hydrogen-bond donors (Lipinski definition) is 0. The predicted molar refractivity (Wildman–Crippen MR) is 185 cm³/mol. The second-order valence-electron chi connectivity index (χ2n) is 16.7. The molecule has 0 bridgehead atoms. The number of rotatable bonds is 1. The minimum Gasteiger partial charge on any atom is -0.458 e. The monoisotopic (exact) mass is 567 g/mol. The maximum atomic E-state index is 7.11. The van der Waals surface area contributed by atoms with Crippen molar-refractivity contribution >= 4 is 40.2 Å². The van der Waals surface area contributed by atoms with Crippen LogP contribution in [0.4, 0.5) is 17.1 Å². The van der Waals surface area contributed by atoms with Gasteiger partial charge in [-0.25, -0.2) is 0 Å². The smallest absolute Gasteiger partial charge is 0.256 e. The molecule has 2 nitrogen and oxygen atoms in total. The molecular formula is C40H46BNO. The Morgan fingerprint density at radius 3 is 2.00 bits per heavy atom. The Labute approximate surface area is 259 Å². The summed E-state index contributed by atoms with van der Waals surface area (Å²) in [6.07, 6.45) is 1.12. The summed E-state index contributed by atoms with van der Waals surface area (Å²) in [4.78, 5) is 2.48. The van der Waals surface area contributed by atoms with E-state index in [2.05, 4.69) is 148 Å². The van der Waals surface area contributed by atoms with Gasteiger partial charge in [-0.05, 0) is 104 Å². The molecule has 4 aromatic rings. The third-order valence-electron chi connectivity index (χ3n) is 10.2. The maximum Gasteiger partial charge on any atom is 0.256 e. The molecular weight excluding hydrogens is 521 g/mol. The second kappa shape index (κ2) is 8.81. The molecule has 220 valence electrons. The van der Waals surface area contributed by atoms with Crippen LogP contribution >= 0.6 is 0 Å². The minimum atomic E-state index is 0.0416. The van der Waals surface area contributed by atoms with E-state index in [0.29, 0.717) is 0 Å². The van der Waals surface area contributed by atoms with Gasteiger partial charge in [0.15, 0.2) is 0 Å². The van der Waals surface area contributed by atoms with Gasteiger partial charge in [0, 0.05) is 22.6 Å². The molecule has 1 aliphatic carbocycles. The lowest BCUT2D eigenvalue weighted by Gasteiger charge is -2.42. The normalized spacial score (nSPS) is 17.6. The van der Waals surface area contributed by atoms with E-state index in [4.69, 9.17) is 4.74 Å². The van der Waals surface area contributed by atoms with Gasteiger partial charge in [0.2, 0.25) is 0 Å². The van der Waals surface area contributed by atoms with Crippen LogP contribution in [0, 0.1) is 6.92 Å². The molecule has 43 heavy (non-hydrogen) atoms.